The van der Waals surface area contributed by atoms with Gasteiger partial charge in [-0.1, -0.05) is 0 Å². The molecular weight excluding hydrogens is 66.0 g/mol. The fourth-order valence-electron chi connectivity index (χ4n) is 0.114. The van der Waals surface area contributed by atoms with Crippen LogP contribution in [0, 0.1) is 0 Å². The lowest BCUT2D eigenvalue weighted by molar-refractivity contribution is 0.558. The molecule has 1 rings (SSSR count). The second-order valence-electron chi connectivity index (χ2n) is 0.519. The first-order valence-corrected chi connectivity index (χ1v) is 1.11. The van der Waals surface area contributed by atoms with E-state index in [9.17, 15) is 0 Å². The van der Waals surface area contributed by atoms with Gasteiger partial charge in [0.2, 0.25) is 0 Å². The molecule has 0 fully saturated rings. The summed E-state index contributed by atoms with van der Waals surface area (Å²) in [6, 6.07) is 0. The zero-order valence-electron chi connectivity index (χ0n) is 5.36. The number of hydrogen-bond acceptors (Lipinski definition) is 2. The molecular formula is C3H3NO. The zero-order valence-corrected chi connectivity index (χ0v) is 2.36. The summed E-state index contributed by atoms with van der Waals surface area (Å²) in [6.07, 6.45) is -1.01. The quantitative estimate of drug-likeness (QED) is 0.450. The molecule has 0 aromatic carbocycles. The molecule has 0 unspecified atom stereocenters. The predicted octanol–water partition coefficient (Wildman–Crippen LogP) is 0.675. The molecule has 0 N–H and O–H groups in total. The Balaban J connectivity index is 3.14. The molecule has 2 nitrogen and oxygen atoms in total. The monoisotopic (exact) mass is 72.0 g/mol. The van der Waals surface area contributed by atoms with E-state index in [1.165, 1.54) is 0 Å². The Morgan fingerprint density at radius 3 is 3.20 bits per heavy atom. The first-order valence-electron chi connectivity index (χ1n) is 2.61. The highest BCUT2D eigenvalue weighted by molar-refractivity contribution is 4.56. The minimum absolute atomic E-state index is 0.282. The Bertz CT molecular complexity index is 177. The molecule has 0 aliphatic heterocycles. The maximum atomic E-state index is 6.73. The Kier molecular flexibility index (Phi) is 0.148. The Morgan fingerprint density at radius 1 is 2.00 bits per heavy atom. The Morgan fingerprint density at radius 2 is 3.00 bits per heavy atom. The number of rotatable bonds is 0. The second-order valence-corrected chi connectivity index (χ2v) is 0.519. The molecule has 5 heavy (non-hydrogen) atoms. The van der Waals surface area contributed by atoms with E-state index in [1.54, 1.807) is 0 Å². The third kappa shape index (κ3) is 0.265. The lowest BCUT2D eigenvalue weighted by Gasteiger charge is -1.47. The molecule has 0 bridgehead atoms. The molecule has 0 amide bonds. The van der Waals surface area contributed by atoms with Crippen molar-refractivity contribution in [3.8, 4) is 0 Å². The zero-order chi connectivity index (χ0) is 6.15. The van der Waals surface area contributed by atoms with Crippen LogP contribution in [0.3, 0.4) is 0 Å². The van der Waals surface area contributed by atoms with E-state index in [4.69, 9.17) is 4.11 Å². The number of nitrogens with zero attached hydrogens (tertiary/aromatic N) is 1. The summed E-state index contributed by atoms with van der Waals surface area (Å²) in [5.74, 6) is 0. The van der Waals surface area contributed by atoms with Crippen molar-refractivity contribution in [2.75, 3.05) is 0 Å². The normalized spacial score (nSPS) is 16.4. The van der Waals surface area contributed by atoms with Gasteiger partial charge in [0.1, 0.15) is 8.98 Å². The fraction of sp³-hybridized carbons (Fsp3) is 0. The largest absolute Gasteiger partial charge is 0.452 e. The van der Waals surface area contributed by atoms with E-state index in [2.05, 4.69) is 9.40 Å². The van der Waals surface area contributed by atoms with Gasteiger partial charge in [0.05, 0.1) is 7.54 Å². The number of oxazole rings is 1. The van der Waals surface area contributed by atoms with Crippen molar-refractivity contribution in [3.05, 3.63) is 18.8 Å². The van der Waals surface area contributed by atoms with E-state index in [1.807, 2.05) is 0 Å². The molecule has 2 heteroatoms. The first-order chi connectivity index (χ1) is 3.70. The SMILES string of the molecule is [2H]c1nc([2H])c([2H])o1. The number of aromatic nitrogens is 1. The van der Waals surface area contributed by atoms with Crippen molar-refractivity contribution >= 4 is 0 Å². The van der Waals surface area contributed by atoms with E-state index >= 15 is 0 Å². The molecule has 0 radical (unpaired) electrons. The summed E-state index contributed by atoms with van der Waals surface area (Å²) in [6.45, 7) is 0. The van der Waals surface area contributed by atoms with Crippen LogP contribution in [0.2, 0.25) is 0 Å². The molecule has 0 spiro atoms. The summed E-state index contributed by atoms with van der Waals surface area (Å²) in [5, 5.41) is 0. The van der Waals surface area contributed by atoms with Crippen LogP contribution in [-0.2, 0) is 0 Å². The second kappa shape index (κ2) is 0.885. The molecule has 0 aliphatic carbocycles. The van der Waals surface area contributed by atoms with Gasteiger partial charge in [-0.3, -0.25) is 0 Å². The summed E-state index contributed by atoms with van der Waals surface area (Å²) in [5.41, 5.74) is 0. The minimum atomic E-state index is -0.375. The van der Waals surface area contributed by atoms with Gasteiger partial charge in [0.15, 0.2) is 6.37 Å². The topological polar surface area (TPSA) is 26.0 Å². The highest BCUT2D eigenvalue weighted by Crippen LogP contribution is 1.72. The van der Waals surface area contributed by atoms with Crippen LogP contribution in [0.25, 0.3) is 0 Å². The van der Waals surface area contributed by atoms with Gasteiger partial charge in [-0.05, 0) is 0 Å². The molecule has 0 saturated carbocycles. The maximum absolute atomic E-state index is 6.73. The van der Waals surface area contributed by atoms with Gasteiger partial charge in [0.25, 0.3) is 0 Å². The third-order valence-corrected chi connectivity index (χ3v) is 0.244. The van der Waals surface area contributed by atoms with Crippen LogP contribution in [-0.4, -0.2) is 4.98 Å². The van der Waals surface area contributed by atoms with E-state index in [0.717, 1.165) is 0 Å². The van der Waals surface area contributed by atoms with Crippen molar-refractivity contribution in [1.82, 2.24) is 4.98 Å². The van der Waals surface area contributed by atoms with Gasteiger partial charge >= 0.3 is 0 Å². The van der Waals surface area contributed by atoms with Crippen LogP contribution in [0.15, 0.2) is 23.2 Å². The molecule has 1 aromatic heterocycles. The van der Waals surface area contributed by atoms with Gasteiger partial charge in [-0.15, -0.1) is 0 Å². The van der Waals surface area contributed by atoms with Gasteiger partial charge in [-0.25, -0.2) is 4.98 Å². The van der Waals surface area contributed by atoms with Crippen molar-refractivity contribution in [2.45, 2.75) is 0 Å². The van der Waals surface area contributed by atoms with Crippen LogP contribution in [0.5, 0.6) is 0 Å². The highest BCUT2D eigenvalue weighted by atomic mass is 16.3. The van der Waals surface area contributed by atoms with Crippen LogP contribution < -0.4 is 0 Å². The predicted molar refractivity (Wildman–Crippen MR) is 16.5 cm³/mol. The minimum Gasteiger partial charge on any atom is -0.452 e. The van der Waals surface area contributed by atoms with Gasteiger partial charge in [0, 0.05) is 0 Å². The summed E-state index contributed by atoms with van der Waals surface area (Å²) in [7, 11) is 0. The van der Waals surface area contributed by atoms with Crippen LogP contribution >= 0.6 is 0 Å². The lowest BCUT2D eigenvalue weighted by atomic mass is 11.0. The third-order valence-electron chi connectivity index (χ3n) is 0.244. The standard InChI is InChI=1S/C3H3NO/c1-2-5-3-4-1/h1-3H/i1D,2D,3D. The maximum Gasteiger partial charge on any atom is 0.180 e. The molecule has 0 aliphatic rings. The summed E-state index contributed by atoms with van der Waals surface area (Å²) < 4.78 is 24.3. The van der Waals surface area contributed by atoms with Crippen molar-refractivity contribution in [1.29, 1.82) is 0 Å². The molecule has 0 atom stereocenters. The molecule has 0 saturated heterocycles. The summed E-state index contributed by atoms with van der Waals surface area (Å²) >= 11 is 0. The van der Waals surface area contributed by atoms with E-state index in [-0.39, 0.29) is 18.8 Å². The average molecular weight is 72.1 g/mol. The van der Waals surface area contributed by atoms with Crippen LogP contribution in [0.4, 0.5) is 0 Å². The van der Waals surface area contributed by atoms with Gasteiger partial charge in [-0.2, -0.15) is 0 Å². The summed E-state index contributed by atoms with van der Waals surface area (Å²) in [4.78, 5) is 3.19. The molecule has 1 heterocycles. The Labute approximate surface area is 33.7 Å². The van der Waals surface area contributed by atoms with E-state index in [0.29, 0.717) is 0 Å². The van der Waals surface area contributed by atoms with Crippen LogP contribution in [0.1, 0.15) is 4.11 Å². The fourth-order valence-corrected chi connectivity index (χ4v) is 0.114. The molecule has 1 aromatic rings. The van der Waals surface area contributed by atoms with Crippen molar-refractivity contribution in [3.63, 3.8) is 0 Å². The smallest absolute Gasteiger partial charge is 0.180 e. The van der Waals surface area contributed by atoms with E-state index < -0.39 is 0 Å². The van der Waals surface area contributed by atoms with Crippen molar-refractivity contribution in [2.24, 2.45) is 0 Å². The van der Waals surface area contributed by atoms with Gasteiger partial charge < -0.3 is 4.42 Å². The average Bonchev–Trinajstić information content (AvgIpc) is 1.85. The van der Waals surface area contributed by atoms with Crippen molar-refractivity contribution < 1.29 is 8.53 Å². The Hall–Kier alpha value is -0.790. The highest BCUT2D eigenvalue weighted by Gasteiger charge is 1.59. The first kappa shape index (κ1) is 0.834. The number of hydrogen-bond donors (Lipinski definition) is 0. The lowest BCUT2D eigenvalue weighted by Crippen LogP contribution is -1.38. The molecule has 26 valence electrons.